The molecule has 3 heteroatoms. The summed E-state index contributed by atoms with van der Waals surface area (Å²) < 4.78 is 5.63. The maximum atomic E-state index is 10.8. The van der Waals surface area contributed by atoms with Crippen molar-refractivity contribution < 1.29 is 9.53 Å². The second-order valence-corrected chi connectivity index (χ2v) is 4.63. The fourth-order valence-electron chi connectivity index (χ4n) is 2.12. The van der Waals surface area contributed by atoms with E-state index in [4.69, 9.17) is 4.74 Å². The third-order valence-corrected chi connectivity index (χ3v) is 3.23. The monoisotopic (exact) mass is 233 g/mol. The first-order chi connectivity index (χ1) is 8.29. The van der Waals surface area contributed by atoms with Crippen LogP contribution in [0.5, 0.6) is 0 Å². The van der Waals surface area contributed by atoms with Gasteiger partial charge < -0.3 is 9.53 Å². The van der Waals surface area contributed by atoms with Gasteiger partial charge in [-0.15, -0.1) is 0 Å². The standard InChI is InChI=1S/C14H19NO2/c1-12(11-16)14-10-15(7-8-17-14)9-13-5-3-2-4-6-13/h2-6,11-12,14H,7-10H2,1H3. The minimum absolute atomic E-state index is 0.0198. The van der Waals surface area contributed by atoms with Gasteiger partial charge in [0, 0.05) is 25.6 Å². The number of nitrogens with zero attached hydrogens (tertiary/aromatic N) is 1. The molecule has 1 aliphatic rings. The summed E-state index contributed by atoms with van der Waals surface area (Å²) in [5, 5.41) is 0. The zero-order chi connectivity index (χ0) is 12.1. The normalized spacial score (nSPS) is 23.2. The van der Waals surface area contributed by atoms with Crippen molar-refractivity contribution in [2.75, 3.05) is 19.7 Å². The van der Waals surface area contributed by atoms with Crippen LogP contribution in [-0.4, -0.2) is 37.0 Å². The van der Waals surface area contributed by atoms with Gasteiger partial charge in [-0.25, -0.2) is 0 Å². The van der Waals surface area contributed by atoms with Crippen molar-refractivity contribution in [1.29, 1.82) is 0 Å². The average Bonchev–Trinajstić information content (AvgIpc) is 2.39. The third-order valence-electron chi connectivity index (χ3n) is 3.23. The minimum Gasteiger partial charge on any atom is -0.375 e. The Morgan fingerprint density at radius 3 is 2.94 bits per heavy atom. The molecule has 0 spiro atoms. The second kappa shape index (κ2) is 5.94. The highest BCUT2D eigenvalue weighted by molar-refractivity contribution is 5.53. The summed E-state index contributed by atoms with van der Waals surface area (Å²) >= 11 is 0. The number of hydrogen-bond donors (Lipinski definition) is 0. The summed E-state index contributed by atoms with van der Waals surface area (Å²) in [4.78, 5) is 13.1. The lowest BCUT2D eigenvalue weighted by molar-refractivity contribution is -0.119. The fourth-order valence-corrected chi connectivity index (χ4v) is 2.12. The fraction of sp³-hybridized carbons (Fsp3) is 0.500. The summed E-state index contributed by atoms with van der Waals surface area (Å²) in [5.41, 5.74) is 1.31. The van der Waals surface area contributed by atoms with Gasteiger partial charge in [0.05, 0.1) is 12.7 Å². The molecule has 1 aromatic carbocycles. The van der Waals surface area contributed by atoms with Crippen molar-refractivity contribution in [3.05, 3.63) is 35.9 Å². The number of morpholine rings is 1. The van der Waals surface area contributed by atoms with E-state index in [0.29, 0.717) is 0 Å². The summed E-state index contributed by atoms with van der Waals surface area (Å²) in [6.07, 6.45) is 1.03. The van der Waals surface area contributed by atoms with Gasteiger partial charge in [-0.2, -0.15) is 0 Å². The van der Waals surface area contributed by atoms with Crippen LogP contribution < -0.4 is 0 Å². The van der Waals surface area contributed by atoms with Crippen LogP contribution in [0.4, 0.5) is 0 Å². The van der Waals surface area contributed by atoms with Crippen molar-refractivity contribution in [3.8, 4) is 0 Å². The van der Waals surface area contributed by atoms with Crippen LogP contribution in [0.3, 0.4) is 0 Å². The Labute approximate surface area is 102 Å². The second-order valence-electron chi connectivity index (χ2n) is 4.63. The predicted molar refractivity (Wildman–Crippen MR) is 66.7 cm³/mol. The quantitative estimate of drug-likeness (QED) is 0.742. The van der Waals surface area contributed by atoms with Crippen LogP contribution in [0.15, 0.2) is 30.3 Å². The van der Waals surface area contributed by atoms with E-state index in [1.165, 1.54) is 5.56 Å². The van der Waals surface area contributed by atoms with E-state index < -0.39 is 0 Å². The molecule has 1 aromatic rings. The largest absolute Gasteiger partial charge is 0.375 e. The molecule has 1 heterocycles. The Kier molecular flexibility index (Phi) is 4.29. The molecule has 2 atom stereocenters. The molecule has 3 nitrogen and oxygen atoms in total. The molecule has 0 amide bonds. The first kappa shape index (κ1) is 12.3. The molecule has 1 saturated heterocycles. The lowest BCUT2D eigenvalue weighted by Gasteiger charge is -2.34. The molecule has 17 heavy (non-hydrogen) atoms. The minimum atomic E-state index is -0.0198. The van der Waals surface area contributed by atoms with Crippen LogP contribution in [0.1, 0.15) is 12.5 Å². The van der Waals surface area contributed by atoms with Gasteiger partial charge in [0.15, 0.2) is 0 Å². The van der Waals surface area contributed by atoms with E-state index in [1.54, 1.807) is 0 Å². The topological polar surface area (TPSA) is 29.5 Å². The van der Waals surface area contributed by atoms with Crippen LogP contribution in [0, 0.1) is 5.92 Å². The molecule has 1 aliphatic heterocycles. The lowest BCUT2D eigenvalue weighted by atomic mass is 10.0. The van der Waals surface area contributed by atoms with E-state index in [0.717, 1.165) is 32.5 Å². The van der Waals surface area contributed by atoms with E-state index in [2.05, 4.69) is 29.2 Å². The highest BCUT2D eigenvalue weighted by Gasteiger charge is 2.24. The number of aldehydes is 1. The van der Waals surface area contributed by atoms with Gasteiger partial charge in [0.25, 0.3) is 0 Å². The zero-order valence-electron chi connectivity index (χ0n) is 10.2. The van der Waals surface area contributed by atoms with Crippen molar-refractivity contribution in [1.82, 2.24) is 4.90 Å². The Morgan fingerprint density at radius 1 is 1.47 bits per heavy atom. The summed E-state index contributed by atoms with van der Waals surface area (Å²) in [7, 11) is 0. The van der Waals surface area contributed by atoms with Gasteiger partial charge in [0.2, 0.25) is 0 Å². The molecule has 0 saturated carbocycles. The molecule has 2 rings (SSSR count). The van der Waals surface area contributed by atoms with E-state index in [9.17, 15) is 4.79 Å². The van der Waals surface area contributed by atoms with E-state index >= 15 is 0 Å². The SMILES string of the molecule is CC(C=O)C1CN(Cc2ccccc2)CCO1. The number of carbonyl (C=O) groups excluding carboxylic acids is 1. The maximum Gasteiger partial charge on any atom is 0.125 e. The summed E-state index contributed by atoms with van der Waals surface area (Å²) in [6, 6.07) is 10.4. The number of rotatable bonds is 4. The smallest absolute Gasteiger partial charge is 0.125 e. The molecule has 2 unspecified atom stereocenters. The van der Waals surface area contributed by atoms with Crippen molar-refractivity contribution in [2.24, 2.45) is 5.92 Å². The first-order valence-corrected chi connectivity index (χ1v) is 6.13. The van der Waals surface area contributed by atoms with Crippen LogP contribution in [-0.2, 0) is 16.1 Å². The Bertz CT molecular complexity index is 352. The highest BCUT2D eigenvalue weighted by Crippen LogP contribution is 2.14. The number of hydrogen-bond acceptors (Lipinski definition) is 3. The Hall–Kier alpha value is -1.19. The average molecular weight is 233 g/mol. The van der Waals surface area contributed by atoms with Crippen LogP contribution in [0.2, 0.25) is 0 Å². The molecule has 1 fully saturated rings. The van der Waals surface area contributed by atoms with E-state index in [-0.39, 0.29) is 12.0 Å². The first-order valence-electron chi connectivity index (χ1n) is 6.13. The molecule has 0 aromatic heterocycles. The van der Waals surface area contributed by atoms with Crippen molar-refractivity contribution in [3.63, 3.8) is 0 Å². The molecular formula is C14H19NO2. The van der Waals surface area contributed by atoms with Gasteiger partial charge in [-0.3, -0.25) is 4.90 Å². The van der Waals surface area contributed by atoms with Gasteiger partial charge >= 0.3 is 0 Å². The van der Waals surface area contributed by atoms with Gasteiger partial charge in [-0.05, 0) is 5.56 Å². The van der Waals surface area contributed by atoms with Gasteiger partial charge in [0.1, 0.15) is 6.29 Å². The highest BCUT2D eigenvalue weighted by atomic mass is 16.5. The van der Waals surface area contributed by atoms with Gasteiger partial charge in [-0.1, -0.05) is 37.3 Å². The summed E-state index contributed by atoms with van der Waals surface area (Å²) in [5.74, 6) is -0.0198. The van der Waals surface area contributed by atoms with E-state index in [1.807, 2.05) is 13.0 Å². The maximum absolute atomic E-state index is 10.8. The van der Waals surface area contributed by atoms with Crippen molar-refractivity contribution in [2.45, 2.75) is 19.6 Å². The van der Waals surface area contributed by atoms with Crippen LogP contribution >= 0.6 is 0 Å². The molecule has 0 aliphatic carbocycles. The number of ether oxygens (including phenoxy) is 1. The molecule has 0 bridgehead atoms. The molecule has 92 valence electrons. The molecule has 0 N–H and O–H groups in total. The molecule has 0 radical (unpaired) electrons. The number of benzene rings is 1. The van der Waals surface area contributed by atoms with Crippen molar-refractivity contribution >= 4 is 6.29 Å². The third kappa shape index (κ3) is 3.38. The Balaban J connectivity index is 1.91. The summed E-state index contributed by atoms with van der Waals surface area (Å²) in [6.45, 7) is 5.36. The number of carbonyl (C=O) groups is 1. The molecular weight excluding hydrogens is 214 g/mol. The predicted octanol–water partition coefficient (Wildman–Crippen LogP) is 1.72. The lowest BCUT2D eigenvalue weighted by Crippen LogP contribution is -2.45. The zero-order valence-corrected chi connectivity index (χ0v) is 10.2. The van der Waals surface area contributed by atoms with Crippen LogP contribution in [0.25, 0.3) is 0 Å². The Morgan fingerprint density at radius 2 is 2.24 bits per heavy atom.